The van der Waals surface area contributed by atoms with E-state index in [9.17, 15) is 51.7 Å². The molecule has 5 aromatic carbocycles. The summed E-state index contributed by atoms with van der Waals surface area (Å²) in [6.07, 6.45) is 7.83. The molecule has 0 fully saturated rings. The minimum atomic E-state index is -4.02. The van der Waals surface area contributed by atoms with Crippen molar-refractivity contribution in [1.82, 2.24) is 57.1 Å². The normalized spacial score (nSPS) is 12.5. The summed E-state index contributed by atoms with van der Waals surface area (Å²) in [5.41, 5.74) is 8.79. The number of aryl methyl sites for hydroxylation is 5. The first kappa shape index (κ1) is 92.7. The average molecular weight is 1600 g/mol. The van der Waals surface area contributed by atoms with Crippen molar-refractivity contribution in [1.29, 1.82) is 0 Å². The molecular formula is C62H89N17O19S7. The van der Waals surface area contributed by atoms with Crippen molar-refractivity contribution in [2.45, 2.75) is 124 Å². The summed E-state index contributed by atoms with van der Waals surface area (Å²) < 4.78 is 148. The van der Waals surface area contributed by atoms with Crippen LogP contribution in [0.3, 0.4) is 0 Å². The lowest BCUT2D eigenvalue weighted by Gasteiger charge is -2.15. The van der Waals surface area contributed by atoms with Gasteiger partial charge in [0.05, 0.1) is 37.6 Å². The highest BCUT2D eigenvalue weighted by Crippen LogP contribution is 2.15. The van der Waals surface area contributed by atoms with Crippen LogP contribution in [0.2, 0.25) is 0 Å². The third kappa shape index (κ3) is 43.0. The lowest BCUT2D eigenvalue weighted by atomic mass is 10.2. The van der Waals surface area contributed by atoms with Gasteiger partial charge in [0.25, 0.3) is 74.3 Å². The summed E-state index contributed by atoms with van der Waals surface area (Å²) in [4.78, 5) is 44.9. The fourth-order valence-corrected chi connectivity index (χ4v) is 11.6. The quantitative estimate of drug-likeness (QED) is 0.00690. The Balaban J connectivity index is 0.000000534. The summed E-state index contributed by atoms with van der Waals surface area (Å²) in [6.45, 7) is 15.4. The largest absolute Gasteiger partial charge is 0.306 e. The highest BCUT2D eigenvalue weighted by atomic mass is 32.2. The lowest BCUT2D eigenvalue weighted by Crippen LogP contribution is -2.28. The second kappa shape index (κ2) is 48.6. The van der Waals surface area contributed by atoms with E-state index >= 15 is 0 Å². The maximum atomic E-state index is 12.8. The Bertz CT molecular complexity index is 3870. The number of aromatic nitrogens is 8. The van der Waals surface area contributed by atoms with Gasteiger partial charge in [0.15, 0.2) is 0 Å². The number of benzene rings is 5. The molecule has 0 bridgehead atoms. The first-order valence-electron chi connectivity index (χ1n) is 31.3. The van der Waals surface area contributed by atoms with E-state index in [1.165, 1.54) is 60.7 Å². The van der Waals surface area contributed by atoms with Crippen molar-refractivity contribution >= 4 is 122 Å². The smallest absolute Gasteiger partial charge is 0.294 e. The van der Waals surface area contributed by atoms with Gasteiger partial charge in [-0.15, -0.1) is 10.2 Å². The topological polar surface area (TPSA) is 556 Å². The third-order valence-electron chi connectivity index (χ3n) is 13.2. The van der Waals surface area contributed by atoms with Gasteiger partial charge in [0.2, 0.25) is 0 Å². The number of hydrogen-bond donors (Lipinski definition) is 13. The molecular weight excluding hydrogens is 1510 g/mol. The number of hydroxylamine groups is 2. The van der Waals surface area contributed by atoms with Gasteiger partial charge in [-0.2, -0.15) is 76.0 Å². The Labute approximate surface area is 619 Å². The number of carbonyl (C=O) groups excluding carboxylic acids is 2. The predicted octanol–water partition coefficient (Wildman–Crippen LogP) is 6.91. The molecule has 7 aromatic rings. The number of aromatic amines is 2. The van der Waals surface area contributed by atoms with Crippen molar-refractivity contribution in [2.75, 3.05) is 66.9 Å². The van der Waals surface area contributed by atoms with E-state index in [1.807, 2.05) is 45.6 Å². The Morgan fingerprint density at radius 1 is 0.457 bits per heavy atom. The number of aliphatic imine (C=N–C) groups is 4. The minimum absolute atomic E-state index is 0.0666. The van der Waals surface area contributed by atoms with Gasteiger partial charge >= 0.3 is 0 Å². The molecule has 0 spiro atoms. The number of thioether (sulfide) groups is 2. The van der Waals surface area contributed by atoms with Crippen LogP contribution in [0.25, 0.3) is 0 Å². The van der Waals surface area contributed by atoms with Crippen LogP contribution in [0.4, 0.5) is 11.9 Å². The number of amidine groups is 2. The standard InChI is InChI=1S/C27H49N17O4S2.5C7H8O3S/c1-20(38-47)28-12-18-49-16-8-22(24(45)32-26-34-40-41-35-26)30-10-4-6-14-44(3)15-7-5-11-31-23(25(46)33-27-36-42-43-37-27)9-17-50-19-13-29-21(2)39-48;5*1-6-2-4-7(5-3-6)11(8,9)10/h10-11,22-23,47-48H,4-9,12-19H2,1-3H3,(H,28,38)(H,29,39)(H2,32,34,35,40,41,45)(H2,33,36,37,42,43,46);5*2-5H,1H3,(H,8,9,10). The van der Waals surface area contributed by atoms with Gasteiger partial charge in [-0.05, 0) is 202 Å². The molecule has 2 amide bonds. The molecule has 0 saturated carbocycles. The minimum Gasteiger partial charge on any atom is -0.306 e. The van der Waals surface area contributed by atoms with Crippen LogP contribution in [-0.4, -0.2) is 226 Å². The predicted molar refractivity (Wildman–Crippen MR) is 401 cm³/mol. The highest BCUT2D eigenvalue weighted by molar-refractivity contribution is 7.99. The van der Waals surface area contributed by atoms with Gasteiger partial charge in [0, 0.05) is 11.5 Å². The number of anilines is 2. The third-order valence-corrected chi connectivity index (χ3v) is 19.6. The Morgan fingerprint density at radius 2 is 0.714 bits per heavy atom. The fraction of sp³-hybridized carbons (Fsp3) is 0.387. The van der Waals surface area contributed by atoms with Crippen LogP contribution in [0, 0.1) is 34.6 Å². The van der Waals surface area contributed by atoms with E-state index in [4.69, 9.17) is 33.2 Å². The number of amides is 2. The molecule has 0 aliphatic heterocycles. The second-order valence-electron chi connectivity index (χ2n) is 22.1. The van der Waals surface area contributed by atoms with Crippen LogP contribution < -0.4 is 21.6 Å². The number of nitrogens with one attached hydrogen (secondary N) is 6. The van der Waals surface area contributed by atoms with E-state index in [-0.39, 0.29) is 48.2 Å². The molecule has 2 unspecified atom stereocenters. The van der Waals surface area contributed by atoms with E-state index < -0.39 is 62.7 Å². The van der Waals surface area contributed by atoms with Gasteiger partial charge in [-0.3, -0.25) is 84.3 Å². The zero-order valence-corrected chi connectivity index (χ0v) is 64.3. The molecule has 0 aliphatic carbocycles. The van der Waals surface area contributed by atoms with Crippen molar-refractivity contribution in [2.24, 2.45) is 20.0 Å². The molecule has 43 heteroatoms. The second-order valence-corrected chi connectivity index (χ2v) is 31.7. The Hall–Kier alpha value is -8.41. The molecule has 0 radical (unpaired) electrons. The summed E-state index contributed by atoms with van der Waals surface area (Å²) in [7, 11) is -18.0. The lowest BCUT2D eigenvalue weighted by molar-refractivity contribution is -0.118. The molecule has 2 heterocycles. The average Bonchev–Trinajstić information content (AvgIpc) is 1.86. The first-order chi connectivity index (χ1) is 49.3. The van der Waals surface area contributed by atoms with Crippen molar-refractivity contribution in [3.8, 4) is 0 Å². The number of hydrogen-bond acceptors (Lipinski definition) is 27. The zero-order chi connectivity index (χ0) is 78.7. The molecule has 36 nitrogen and oxygen atoms in total. The van der Waals surface area contributed by atoms with E-state index in [0.717, 1.165) is 65.3 Å². The van der Waals surface area contributed by atoms with E-state index in [2.05, 4.69) is 83.8 Å². The molecule has 578 valence electrons. The summed E-state index contributed by atoms with van der Waals surface area (Å²) in [5, 5.41) is 49.5. The van der Waals surface area contributed by atoms with Crippen molar-refractivity contribution in [3.05, 3.63) is 149 Å². The van der Waals surface area contributed by atoms with Crippen LogP contribution in [-0.2, 0) is 60.2 Å². The van der Waals surface area contributed by atoms with Gasteiger partial charge < -0.3 is 4.90 Å². The first-order valence-corrected chi connectivity index (χ1v) is 40.8. The maximum absolute atomic E-state index is 12.8. The van der Waals surface area contributed by atoms with Gasteiger partial charge in [-0.1, -0.05) is 98.7 Å². The molecule has 7 rings (SSSR count). The number of nitrogens with zero attached hydrogens (tertiary/aromatic N) is 11. The maximum Gasteiger partial charge on any atom is 0.294 e. The van der Waals surface area contributed by atoms with Crippen LogP contribution >= 0.6 is 23.5 Å². The van der Waals surface area contributed by atoms with E-state index in [0.29, 0.717) is 61.9 Å². The number of rotatable bonds is 31. The summed E-state index contributed by atoms with van der Waals surface area (Å²) in [6, 6.07) is 28.8. The van der Waals surface area contributed by atoms with Crippen molar-refractivity contribution in [3.63, 3.8) is 0 Å². The van der Waals surface area contributed by atoms with Gasteiger partial charge in [0.1, 0.15) is 23.8 Å². The highest BCUT2D eigenvalue weighted by Gasteiger charge is 2.20. The summed E-state index contributed by atoms with van der Waals surface area (Å²) >= 11 is 3.30. The SMILES string of the molecule is CC(=NCCSCCC(N=CCCCN(C)CCCC=NC(CCSCCN=C(C)NO)C(=O)Nc1nn[nH]n1)C(=O)Nc1nn[nH]n1)NO.Cc1ccc(S(=O)(=O)O)cc1.Cc1ccc(S(=O)(=O)O)cc1.Cc1ccc(S(=O)(=O)O)cc1.Cc1ccc(S(=O)(=O)O)cc1.Cc1ccc(S(=O)(=O)O)cc1. The molecule has 0 saturated heterocycles. The number of carbonyl (C=O) groups is 2. The molecule has 105 heavy (non-hydrogen) atoms. The molecule has 13 N–H and O–H groups in total. The Kier molecular flexibility index (Phi) is 42.9. The van der Waals surface area contributed by atoms with Crippen LogP contribution in [0.1, 0.15) is 80.2 Å². The zero-order valence-electron chi connectivity index (χ0n) is 58.6. The summed E-state index contributed by atoms with van der Waals surface area (Å²) in [5.74, 6) is 3.41. The van der Waals surface area contributed by atoms with E-state index in [1.54, 1.807) is 110 Å². The Morgan fingerprint density at radius 3 is 0.933 bits per heavy atom. The van der Waals surface area contributed by atoms with Gasteiger partial charge in [-0.25, -0.2) is 0 Å². The van der Waals surface area contributed by atoms with Crippen LogP contribution in [0.15, 0.2) is 166 Å². The molecule has 0 aliphatic rings. The molecule has 2 aromatic heterocycles. The number of unbranched alkanes of at least 4 members (excludes halogenated alkanes) is 2. The van der Waals surface area contributed by atoms with Crippen LogP contribution in [0.5, 0.6) is 0 Å². The molecule has 2 atom stereocenters. The number of H-pyrrole nitrogens is 2. The fourth-order valence-electron chi connectivity index (χ4n) is 7.56. The van der Waals surface area contributed by atoms with Crippen molar-refractivity contribution < 1.29 is 84.9 Å². The monoisotopic (exact) mass is 1600 g/mol. The number of tetrazole rings is 2.